The largest absolute Gasteiger partial charge is 0.260 e. The summed E-state index contributed by atoms with van der Waals surface area (Å²) < 4.78 is 4.02. The molecule has 0 radical (unpaired) electrons. The highest BCUT2D eigenvalue weighted by Crippen LogP contribution is 2.39. The molecule has 118 valence electrons. The second-order valence-corrected chi connectivity index (χ2v) is 8.00. The zero-order valence-electron chi connectivity index (χ0n) is 12.8. The number of hydrogen-bond acceptors (Lipinski definition) is 6. The Balaban J connectivity index is 1.94. The van der Waals surface area contributed by atoms with Crippen LogP contribution in [-0.2, 0) is 12.8 Å². The van der Waals surface area contributed by atoms with Gasteiger partial charge >= 0.3 is 0 Å². The van der Waals surface area contributed by atoms with Crippen molar-refractivity contribution in [3.63, 3.8) is 0 Å². The average Bonchev–Trinajstić information content (AvgIpc) is 3.27. The van der Waals surface area contributed by atoms with E-state index >= 15 is 0 Å². The van der Waals surface area contributed by atoms with Gasteiger partial charge in [0.05, 0.1) is 5.39 Å². The third kappa shape index (κ3) is 1.88. The first-order valence-electron chi connectivity index (χ1n) is 8.02. The SMILES string of the molecule is CCCSc1nnc2n3ncnc3c3c4c(sc3n12)CCCC4. The van der Waals surface area contributed by atoms with E-state index in [9.17, 15) is 0 Å². The Morgan fingerprint density at radius 2 is 2.17 bits per heavy atom. The Labute approximate surface area is 140 Å². The Hall–Kier alpha value is -1.67. The minimum atomic E-state index is 0.766. The van der Waals surface area contributed by atoms with Crippen molar-refractivity contribution >= 4 is 44.7 Å². The standard InChI is InChI=1S/C15H16N6S2/c1-2-7-22-15-19-18-14-20(15)13-11(12-16-8-17-21(12)14)9-5-3-4-6-10(9)23-13/h8H,2-7H2,1H3. The summed E-state index contributed by atoms with van der Waals surface area (Å²) in [6, 6.07) is 0. The lowest BCUT2D eigenvalue weighted by Gasteiger charge is -2.10. The molecule has 0 saturated carbocycles. The molecule has 23 heavy (non-hydrogen) atoms. The summed E-state index contributed by atoms with van der Waals surface area (Å²) >= 11 is 3.65. The Kier molecular flexibility index (Phi) is 3.09. The molecule has 0 amide bonds. The van der Waals surface area contributed by atoms with Crippen molar-refractivity contribution in [2.24, 2.45) is 0 Å². The maximum Gasteiger partial charge on any atom is 0.260 e. The fourth-order valence-corrected chi connectivity index (χ4v) is 5.59. The van der Waals surface area contributed by atoms with Crippen LogP contribution in [0.5, 0.6) is 0 Å². The van der Waals surface area contributed by atoms with Crippen LogP contribution in [0.15, 0.2) is 11.5 Å². The molecular weight excluding hydrogens is 328 g/mol. The molecule has 0 aliphatic heterocycles. The van der Waals surface area contributed by atoms with Crippen LogP contribution in [0.1, 0.15) is 36.6 Å². The maximum absolute atomic E-state index is 4.52. The third-order valence-corrected chi connectivity index (χ3v) is 6.78. The summed E-state index contributed by atoms with van der Waals surface area (Å²) in [6.45, 7) is 2.19. The molecular formula is C15H16N6S2. The highest BCUT2D eigenvalue weighted by Gasteiger charge is 2.24. The van der Waals surface area contributed by atoms with Gasteiger partial charge in [0.2, 0.25) is 0 Å². The number of aryl methyl sites for hydroxylation is 2. The van der Waals surface area contributed by atoms with E-state index in [1.807, 2.05) is 15.9 Å². The van der Waals surface area contributed by atoms with E-state index in [4.69, 9.17) is 0 Å². The predicted octanol–water partition coefficient (Wildman–Crippen LogP) is 3.37. The van der Waals surface area contributed by atoms with Crippen molar-refractivity contribution in [1.82, 2.24) is 29.2 Å². The molecule has 0 saturated heterocycles. The second-order valence-electron chi connectivity index (χ2n) is 5.85. The molecule has 0 N–H and O–H groups in total. The van der Waals surface area contributed by atoms with Crippen LogP contribution in [0.25, 0.3) is 21.6 Å². The molecule has 8 heteroatoms. The zero-order valence-corrected chi connectivity index (χ0v) is 14.5. The average molecular weight is 344 g/mol. The van der Waals surface area contributed by atoms with Crippen LogP contribution >= 0.6 is 23.1 Å². The van der Waals surface area contributed by atoms with E-state index in [-0.39, 0.29) is 0 Å². The summed E-state index contributed by atoms with van der Waals surface area (Å²) in [6.07, 6.45) is 7.60. The molecule has 0 fully saturated rings. The van der Waals surface area contributed by atoms with Gasteiger partial charge in [0.25, 0.3) is 5.78 Å². The number of aromatic nitrogens is 6. The van der Waals surface area contributed by atoms with E-state index in [2.05, 4.69) is 31.6 Å². The molecule has 6 nitrogen and oxygen atoms in total. The highest BCUT2D eigenvalue weighted by atomic mass is 32.2. The first-order valence-corrected chi connectivity index (χ1v) is 9.82. The van der Waals surface area contributed by atoms with Gasteiger partial charge in [-0.05, 0) is 37.7 Å². The zero-order chi connectivity index (χ0) is 15.4. The van der Waals surface area contributed by atoms with Crippen molar-refractivity contribution in [3.8, 4) is 0 Å². The lowest BCUT2D eigenvalue weighted by atomic mass is 9.97. The molecule has 0 aromatic carbocycles. The van der Waals surface area contributed by atoms with E-state index < -0.39 is 0 Å². The van der Waals surface area contributed by atoms with Gasteiger partial charge in [-0.25, -0.2) is 9.38 Å². The van der Waals surface area contributed by atoms with Crippen molar-refractivity contribution in [2.75, 3.05) is 5.75 Å². The molecule has 0 atom stereocenters. The normalized spacial score (nSPS) is 15.0. The quantitative estimate of drug-likeness (QED) is 0.533. The smallest absolute Gasteiger partial charge is 0.244 e. The second kappa shape index (κ2) is 5.17. The monoisotopic (exact) mass is 344 g/mol. The van der Waals surface area contributed by atoms with Crippen molar-refractivity contribution < 1.29 is 0 Å². The van der Waals surface area contributed by atoms with Crippen molar-refractivity contribution in [3.05, 3.63) is 16.8 Å². The third-order valence-electron chi connectivity index (χ3n) is 4.37. The maximum atomic E-state index is 4.52. The van der Waals surface area contributed by atoms with E-state index in [1.165, 1.54) is 39.9 Å². The number of fused-ring (bicyclic) bond motifs is 8. The lowest BCUT2D eigenvalue weighted by Crippen LogP contribution is -2.01. The Morgan fingerprint density at radius 3 is 3.09 bits per heavy atom. The number of thiophene rings is 1. The summed E-state index contributed by atoms with van der Waals surface area (Å²) in [7, 11) is 0. The minimum absolute atomic E-state index is 0.766. The molecule has 1 aliphatic rings. The summed E-state index contributed by atoms with van der Waals surface area (Å²) in [5.41, 5.74) is 2.39. The van der Waals surface area contributed by atoms with Gasteiger partial charge in [0.15, 0.2) is 10.8 Å². The molecule has 4 aromatic heterocycles. The number of nitrogens with zero attached hydrogens (tertiary/aromatic N) is 6. The predicted molar refractivity (Wildman–Crippen MR) is 92.6 cm³/mol. The summed E-state index contributed by atoms with van der Waals surface area (Å²) in [5, 5.41) is 15.4. The summed E-state index contributed by atoms with van der Waals surface area (Å²) in [4.78, 5) is 7.26. The van der Waals surface area contributed by atoms with Gasteiger partial charge < -0.3 is 0 Å². The minimum Gasteiger partial charge on any atom is -0.244 e. The van der Waals surface area contributed by atoms with Gasteiger partial charge in [0, 0.05) is 10.6 Å². The van der Waals surface area contributed by atoms with Crippen LogP contribution in [-0.4, -0.2) is 34.9 Å². The molecule has 0 bridgehead atoms. The van der Waals surface area contributed by atoms with Gasteiger partial charge in [-0.15, -0.1) is 21.5 Å². The molecule has 5 rings (SSSR count). The summed E-state index contributed by atoms with van der Waals surface area (Å²) in [5.74, 6) is 1.81. The van der Waals surface area contributed by atoms with Crippen molar-refractivity contribution in [1.29, 1.82) is 0 Å². The first-order chi connectivity index (χ1) is 11.4. The van der Waals surface area contributed by atoms with Gasteiger partial charge in [-0.3, -0.25) is 0 Å². The lowest BCUT2D eigenvalue weighted by molar-refractivity contribution is 0.700. The highest BCUT2D eigenvalue weighted by molar-refractivity contribution is 7.99. The van der Waals surface area contributed by atoms with Gasteiger partial charge in [0.1, 0.15) is 11.2 Å². The van der Waals surface area contributed by atoms with Crippen molar-refractivity contribution in [2.45, 2.75) is 44.2 Å². The van der Waals surface area contributed by atoms with Crippen LogP contribution in [0.3, 0.4) is 0 Å². The molecule has 4 aromatic rings. The van der Waals surface area contributed by atoms with Crippen LogP contribution < -0.4 is 0 Å². The molecule has 0 spiro atoms. The topological polar surface area (TPSA) is 60.4 Å². The molecule has 0 unspecified atom stereocenters. The van der Waals surface area contributed by atoms with E-state index in [0.717, 1.165) is 35.2 Å². The first kappa shape index (κ1) is 13.7. The Bertz CT molecular complexity index is 1030. The van der Waals surface area contributed by atoms with Crippen LogP contribution in [0, 0.1) is 0 Å². The van der Waals surface area contributed by atoms with Gasteiger partial charge in [-0.2, -0.15) is 9.61 Å². The fraction of sp³-hybridized carbons (Fsp3) is 0.467. The molecule has 1 aliphatic carbocycles. The number of hydrogen-bond donors (Lipinski definition) is 0. The van der Waals surface area contributed by atoms with Crippen LogP contribution in [0.4, 0.5) is 0 Å². The Morgan fingerprint density at radius 1 is 1.26 bits per heavy atom. The molecule has 4 heterocycles. The van der Waals surface area contributed by atoms with E-state index in [0.29, 0.717) is 0 Å². The number of rotatable bonds is 3. The van der Waals surface area contributed by atoms with E-state index in [1.54, 1.807) is 18.1 Å². The van der Waals surface area contributed by atoms with Gasteiger partial charge in [-0.1, -0.05) is 18.7 Å². The number of thioether (sulfide) groups is 1. The van der Waals surface area contributed by atoms with Crippen LogP contribution in [0.2, 0.25) is 0 Å². The fourth-order valence-electron chi connectivity index (χ4n) is 3.36.